The van der Waals surface area contributed by atoms with Gasteiger partial charge in [-0.1, -0.05) is 6.92 Å². The van der Waals surface area contributed by atoms with E-state index in [1.165, 1.54) is 6.42 Å². The van der Waals surface area contributed by atoms with E-state index in [4.69, 9.17) is 5.11 Å². The number of hydrogen-bond donors (Lipinski definition) is 1. The lowest BCUT2D eigenvalue weighted by Crippen LogP contribution is -2.52. The van der Waals surface area contributed by atoms with Crippen molar-refractivity contribution in [3.8, 4) is 0 Å². The van der Waals surface area contributed by atoms with E-state index in [0.717, 1.165) is 26.2 Å². The molecule has 4 heteroatoms. The van der Waals surface area contributed by atoms with Crippen molar-refractivity contribution in [2.45, 2.75) is 40.2 Å². The Kier molecular flexibility index (Phi) is 4.95. The summed E-state index contributed by atoms with van der Waals surface area (Å²) in [5.41, 5.74) is -0.640. The Morgan fingerprint density at radius 1 is 1.29 bits per heavy atom. The predicted octanol–water partition coefficient (Wildman–Crippen LogP) is 1.51. The Morgan fingerprint density at radius 2 is 1.82 bits per heavy atom. The summed E-state index contributed by atoms with van der Waals surface area (Å²) in [4.78, 5) is 15.8. The average molecular weight is 242 g/mol. The quantitative estimate of drug-likeness (QED) is 0.794. The van der Waals surface area contributed by atoms with E-state index in [0.29, 0.717) is 12.6 Å². The number of aliphatic carboxylic acids is 1. The van der Waals surface area contributed by atoms with Gasteiger partial charge in [0, 0.05) is 38.8 Å². The fourth-order valence-electron chi connectivity index (χ4n) is 2.25. The van der Waals surface area contributed by atoms with Crippen LogP contribution in [-0.2, 0) is 4.79 Å². The van der Waals surface area contributed by atoms with Crippen molar-refractivity contribution in [3.05, 3.63) is 0 Å². The van der Waals surface area contributed by atoms with Crippen LogP contribution in [0.5, 0.6) is 0 Å². The Hall–Kier alpha value is -0.610. The first-order valence-electron chi connectivity index (χ1n) is 6.56. The predicted molar refractivity (Wildman–Crippen MR) is 69.2 cm³/mol. The monoisotopic (exact) mass is 242 g/mol. The van der Waals surface area contributed by atoms with Gasteiger partial charge < -0.3 is 5.11 Å². The molecule has 0 saturated carbocycles. The van der Waals surface area contributed by atoms with Gasteiger partial charge in [-0.15, -0.1) is 0 Å². The molecule has 1 unspecified atom stereocenters. The summed E-state index contributed by atoms with van der Waals surface area (Å²) in [5, 5.41) is 9.11. The van der Waals surface area contributed by atoms with Gasteiger partial charge in [-0.05, 0) is 27.2 Å². The zero-order valence-corrected chi connectivity index (χ0v) is 11.6. The molecule has 0 aliphatic carbocycles. The van der Waals surface area contributed by atoms with Gasteiger partial charge in [0.15, 0.2) is 0 Å². The van der Waals surface area contributed by atoms with Crippen molar-refractivity contribution in [2.24, 2.45) is 5.41 Å². The molecule has 0 spiro atoms. The summed E-state index contributed by atoms with van der Waals surface area (Å²) in [6, 6.07) is 0.643. The van der Waals surface area contributed by atoms with E-state index in [1.54, 1.807) is 13.8 Å². The van der Waals surface area contributed by atoms with E-state index < -0.39 is 11.4 Å². The minimum absolute atomic E-state index is 0.640. The summed E-state index contributed by atoms with van der Waals surface area (Å²) >= 11 is 0. The number of carboxylic acids is 1. The molecule has 0 radical (unpaired) electrons. The number of rotatable bonds is 5. The van der Waals surface area contributed by atoms with Crippen molar-refractivity contribution in [2.75, 3.05) is 32.7 Å². The molecule has 0 aromatic heterocycles. The van der Waals surface area contributed by atoms with Crippen LogP contribution in [0.1, 0.15) is 34.1 Å². The maximum Gasteiger partial charge on any atom is 0.310 e. The third-order valence-corrected chi connectivity index (χ3v) is 3.82. The van der Waals surface area contributed by atoms with Crippen LogP contribution in [0.4, 0.5) is 0 Å². The third kappa shape index (κ3) is 3.96. The second-order valence-electron chi connectivity index (χ2n) is 5.76. The first-order chi connectivity index (χ1) is 7.86. The van der Waals surface area contributed by atoms with Crippen molar-refractivity contribution < 1.29 is 9.90 Å². The summed E-state index contributed by atoms with van der Waals surface area (Å²) in [7, 11) is 0. The van der Waals surface area contributed by atoms with Gasteiger partial charge in [-0.3, -0.25) is 14.6 Å². The highest BCUT2D eigenvalue weighted by atomic mass is 16.4. The van der Waals surface area contributed by atoms with E-state index in [-0.39, 0.29) is 0 Å². The van der Waals surface area contributed by atoms with Crippen LogP contribution in [0.25, 0.3) is 0 Å². The molecule has 1 rings (SSSR count). The molecule has 0 amide bonds. The lowest BCUT2D eigenvalue weighted by molar-refractivity contribution is -0.148. The van der Waals surface area contributed by atoms with Gasteiger partial charge in [-0.2, -0.15) is 0 Å². The van der Waals surface area contributed by atoms with Gasteiger partial charge in [0.05, 0.1) is 5.41 Å². The molecule has 1 saturated heterocycles. The molecule has 1 aliphatic heterocycles. The molecule has 1 atom stereocenters. The largest absolute Gasteiger partial charge is 0.481 e. The Balaban J connectivity index is 2.40. The molecule has 100 valence electrons. The van der Waals surface area contributed by atoms with Crippen LogP contribution in [-0.4, -0.2) is 59.6 Å². The van der Waals surface area contributed by atoms with Gasteiger partial charge in [0.2, 0.25) is 0 Å². The molecule has 0 aromatic rings. The number of carboxylic acid groups (broad SMARTS) is 1. The zero-order chi connectivity index (χ0) is 13.1. The van der Waals surface area contributed by atoms with E-state index >= 15 is 0 Å². The topological polar surface area (TPSA) is 43.8 Å². The SMILES string of the molecule is CCC(C)N1CCN(CC(C)(C)C(=O)O)CC1. The zero-order valence-electron chi connectivity index (χ0n) is 11.6. The Bertz CT molecular complexity index is 258. The number of carbonyl (C=O) groups is 1. The lowest BCUT2D eigenvalue weighted by Gasteiger charge is -2.39. The van der Waals surface area contributed by atoms with E-state index in [2.05, 4.69) is 23.6 Å². The van der Waals surface area contributed by atoms with Crippen molar-refractivity contribution in [1.82, 2.24) is 9.80 Å². The number of nitrogens with zero attached hydrogens (tertiary/aromatic N) is 2. The first-order valence-corrected chi connectivity index (χ1v) is 6.56. The summed E-state index contributed by atoms with van der Waals surface area (Å²) < 4.78 is 0. The van der Waals surface area contributed by atoms with Crippen LogP contribution >= 0.6 is 0 Å². The lowest BCUT2D eigenvalue weighted by atomic mass is 9.93. The molecular formula is C13H26N2O2. The van der Waals surface area contributed by atoms with E-state index in [9.17, 15) is 4.79 Å². The molecule has 1 fully saturated rings. The maximum absolute atomic E-state index is 11.1. The molecule has 1 aliphatic rings. The molecule has 1 N–H and O–H groups in total. The Labute approximate surface area is 105 Å². The van der Waals surface area contributed by atoms with Gasteiger partial charge >= 0.3 is 5.97 Å². The van der Waals surface area contributed by atoms with Crippen LogP contribution in [0.3, 0.4) is 0 Å². The van der Waals surface area contributed by atoms with Crippen LogP contribution in [0.2, 0.25) is 0 Å². The number of hydrogen-bond acceptors (Lipinski definition) is 3. The summed E-state index contributed by atoms with van der Waals surface area (Å²) in [6.45, 7) is 12.8. The Morgan fingerprint density at radius 3 is 2.24 bits per heavy atom. The van der Waals surface area contributed by atoms with Gasteiger partial charge in [0.25, 0.3) is 0 Å². The van der Waals surface area contributed by atoms with Crippen LogP contribution in [0, 0.1) is 5.41 Å². The molecule has 17 heavy (non-hydrogen) atoms. The average Bonchev–Trinajstić information content (AvgIpc) is 2.28. The fraction of sp³-hybridized carbons (Fsp3) is 0.923. The first kappa shape index (κ1) is 14.5. The van der Waals surface area contributed by atoms with Gasteiger partial charge in [0.1, 0.15) is 0 Å². The number of piperazine rings is 1. The smallest absolute Gasteiger partial charge is 0.310 e. The molecule has 0 bridgehead atoms. The normalized spacial score (nSPS) is 21.4. The summed E-state index contributed by atoms with van der Waals surface area (Å²) in [5.74, 6) is -0.707. The highest BCUT2D eigenvalue weighted by Gasteiger charge is 2.31. The highest BCUT2D eigenvalue weighted by molar-refractivity contribution is 5.73. The molecule has 4 nitrogen and oxygen atoms in total. The molecule has 1 heterocycles. The third-order valence-electron chi connectivity index (χ3n) is 3.82. The second kappa shape index (κ2) is 5.83. The minimum Gasteiger partial charge on any atom is -0.481 e. The fourth-order valence-corrected chi connectivity index (χ4v) is 2.25. The molecular weight excluding hydrogens is 216 g/mol. The second-order valence-corrected chi connectivity index (χ2v) is 5.76. The van der Waals surface area contributed by atoms with Crippen molar-refractivity contribution in [3.63, 3.8) is 0 Å². The van der Waals surface area contributed by atoms with Crippen molar-refractivity contribution >= 4 is 5.97 Å². The van der Waals surface area contributed by atoms with Crippen LogP contribution < -0.4 is 0 Å². The van der Waals surface area contributed by atoms with Crippen LogP contribution in [0.15, 0.2) is 0 Å². The summed E-state index contributed by atoms with van der Waals surface area (Å²) in [6.07, 6.45) is 1.18. The maximum atomic E-state index is 11.1. The van der Waals surface area contributed by atoms with Gasteiger partial charge in [-0.25, -0.2) is 0 Å². The molecule has 0 aromatic carbocycles. The minimum atomic E-state index is -0.707. The van der Waals surface area contributed by atoms with E-state index in [1.807, 2.05) is 0 Å². The standard InChI is InChI=1S/C13H26N2O2/c1-5-11(2)15-8-6-14(7-9-15)10-13(3,4)12(16)17/h11H,5-10H2,1-4H3,(H,16,17). The highest BCUT2D eigenvalue weighted by Crippen LogP contribution is 2.19. The van der Waals surface area contributed by atoms with Crippen molar-refractivity contribution in [1.29, 1.82) is 0 Å².